The van der Waals surface area contributed by atoms with Gasteiger partial charge in [0.15, 0.2) is 0 Å². The van der Waals surface area contributed by atoms with Gasteiger partial charge in [-0.15, -0.1) is 0 Å². The minimum absolute atomic E-state index is 0.0361. The average molecular weight is 286 g/mol. The highest BCUT2D eigenvalue weighted by atomic mass is 19.1. The molecular formula is C17H19FN2O. The zero-order valence-electron chi connectivity index (χ0n) is 12.4. The van der Waals surface area contributed by atoms with E-state index < -0.39 is 5.82 Å². The molecule has 3 N–H and O–H groups in total. The summed E-state index contributed by atoms with van der Waals surface area (Å²) in [6.07, 6.45) is 0. The van der Waals surface area contributed by atoms with Crippen LogP contribution >= 0.6 is 0 Å². The first-order valence-electron chi connectivity index (χ1n) is 6.81. The number of hydrogen-bond donors (Lipinski definition) is 2. The fourth-order valence-electron chi connectivity index (χ4n) is 2.34. The number of rotatable bonds is 3. The van der Waals surface area contributed by atoms with E-state index in [9.17, 15) is 9.18 Å². The van der Waals surface area contributed by atoms with Crippen molar-refractivity contribution in [2.75, 3.05) is 5.73 Å². The Labute approximate surface area is 124 Å². The van der Waals surface area contributed by atoms with E-state index in [1.165, 1.54) is 17.7 Å². The smallest absolute Gasteiger partial charge is 0.251 e. The van der Waals surface area contributed by atoms with Gasteiger partial charge >= 0.3 is 0 Å². The number of carbonyl (C=O) groups excluding carboxylic acids is 1. The summed E-state index contributed by atoms with van der Waals surface area (Å²) in [7, 11) is 0. The number of amides is 1. The minimum Gasteiger partial charge on any atom is -0.396 e. The van der Waals surface area contributed by atoms with E-state index in [1.807, 2.05) is 32.9 Å². The van der Waals surface area contributed by atoms with E-state index >= 15 is 0 Å². The zero-order chi connectivity index (χ0) is 15.6. The lowest BCUT2D eigenvalue weighted by Crippen LogP contribution is -2.27. The van der Waals surface area contributed by atoms with Gasteiger partial charge < -0.3 is 11.1 Å². The van der Waals surface area contributed by atoms with Crippen molar-refractivity contribution in [2.45, 2.75) is 26.8 Å². The number of nitrogen functional groups attached to an aromatic ring is 1. The molecule has 1 unspecified atom stereocenters. The number of aryl methyl sites for hydroxylation is 2. The monoisotopic (exact) mass is 286 g/mol. The van der Waals surface area contributed by atoms with Crippen molar-refractivity contribution < 1.29 is 9.18 Å². The Balaban J connectivity index is 2.16. The number of halogens is 1. The topological polar surface area (TPSA) is 55.1 Å². The van der Waals surface area contributed by atoms with Gasteiger partial charge in [-0.05, 0) is 50.1 Å². The number of anilines is 1. The molecule has 2 aromatic rings. The van der Waals surface area contributed by atoms with Crippen LogP contribution in [0.3, 0.4) is 0 Å². The predicted octanol–water partition coefficient (Wildman–Crippen LogP) is 3.52. The van der Waals surface area contributed by atoms with Crippen molar-refractivity contribution in [3.63, 3.8) is 0 Å². The molecule has 0 saturated heterocycles. The third-order valence-corrected chi connectivity index (χ3v) is 3.50. The molecule has 0 aliphatic rings. The molecule has 0 bridgehead atoms. The van der Waals surface area contributed by atoms with Gasteiger partial charge in [0.25, 0.3) is 5.91 Å². The van der Waals surface area contributed by atoms with Crippen LogP contribution in [0.2, 0.25) is 0 Å². The normalized spacial score (nSPS) is 12.0. The number of hydrogen-bond acceptors (Lipinski definition) is 2. The van der Waals surface area contributed by atoms with Crippen LogP contribution < -0.4 is 11.1 Å². The van der Waals surface area contributed by atoms with Crippen LogP contribution in [0.5, 0.6) is 0 Å². The third-order valence-electron chi connectivity index (χ3n) is 3.50. The Morgan fingerprint density at radius 3 is 2.52 bits per heavy atom. The van der Waals surface area contributed by atoms with E-state index in [2.05, 4.69) is 11.4 Å². The first-order valence-corrected chi connectivity index (χ1v) is 6.81. The molecule has 0 saturated carbocycles. The van der Waals surface area contributed by atoms with E-state index in [1.54, 1.807) is 0 Å². The van der Waals surface area contributed by atoms with Crippen molar-refractivity contribution in [3.05, 3.63) is 64.5 Å². The molecule has 0 heterocycles. The summed E-state index contributed by atoms with van der Waals surface area (Å²) in [5.74, 6) is -0.900. The van der Waals surface area contributed by atoms with Gasteiger partial charge in [-0.25, -0.2) is 4.39 Å². The van der Waals surface area contributed by atoms with Crippen LogP contribution in [0.4, 0.5) is 10.1 Å². The van der Waals surface area contributed by atoms with E-state index in [0.29, 0.717) is 0 Å². The quantitative estimate of drug-likeness (QED) is 0.848. The Morgan fingerprint density at radius 1 is 1.19 bits per heavy atom. The summed E-state index contributed by atoms with van der Waals surface area (Å²) in [5.41, 5.74) is 9.05. The SMILES string of the molecule is Cc1ccc(C(C)NC(=O)c2ccc(N)c(F)c2)c(C)c1. The first-order chi connectivity index (χ1) is 9.88. The molecular weight excluding hydrogens is 267 g/mol. The lowest BCUT2D eigenvalue weighted by atomic mass is 10.00. The van der Waals surface area contributed by atoms with Crippen LogP contribution in [0.1, 0.15) is 40.0 Å². The Hall–Kier alpha value is -2.36. The molecule has 21 heavy (non-hydrogen) atoms. The van der Waals surface area contributed by atoms with Crippen LogP contribution in [0.25, 0.3) is 0 Å². The molecule has 110 valence electrons. The van der Waals surface area contributed by atoms with E-state index in [4.69, 9.17) is 5.73 Å². The third kappa shape index (κ3) is 3.40. The second-order valence-corrected chi connectivity index (χ2v) is 5.29. The number of nitrogens with two attached hydrogens (primary N) is 1. The van der Waals surface area contributed by atoms with Crippen LogP contribution in [-0.2, 0) is 0 Å². The zero-order valence-corrected chi connectivity index (χ0v) is 12.4. The number of nitrogens with one attached hydrogen (secondary N) is 1. The molecule has 1 amide bonds. The number of benzene rings is 2. The van der Waals surface area contributed by atoms with Crippen LogP contribution in [-0.4, -0.2) is 5.91 Å². The highest BCUT2D eigenvalue weighted by Crippen LogP contribution is 2.19. The lowest BCUT2D eigenvalue weighted by Gasteiger charge is -2.17. The molecule has 0 aliphatic heterocycles. The molecule has 2 aromatic carbocycles. The Morgan fingerprint density at radius 2 is 1.90 bits per heavy atom. The second kappa shape index (κ2) is 5.95. The summed E-state index contributed by atoms with van der Waals surface area (Å²) in [6.45, 7) is 5.94. The van der Waals surface area contributed by atoms with Crippen molar-refractivity contribution in [2.24, 2.45) is 0 Å². The standard InChI is InChI=1S/C17H19FN2O/c1-10-4-6-14(11(2)8-10)12(3)20-17(21)13-5-7-16(19)15(18)9-13/h4-9,12H,19H2,1-3H3,(H,20,21). The van der Waals surface area contributed by atoms with Crippen molar-refractivity contribution >= 4 is 11.6 Å². The van der Waals surface area contributed by atoms with Crippen LogP contribution in [0, 0.1) is 19.7 Å². The molecule has 0 radical (unpaired) electrons. The molecule has 0 fully saturated rings. The molecule has 2 rings (SSSR count). The largest absolute Gasteiger partial charge is 0.396 e. The van der Waals surface area contributed by atoms with Crippen molar-refractivity contribution in [1.29, 1.82) is 0 Å². The predicted molar refractivity (Wildman–Crippen MR) is 82.6 cm³/mol. The van der Waals surface area contributed by atoms with Gasteiger partial charge in [0.1, 0.15) is 5.82 Å². The first kappa shape index (κ1) is 15.0. The molecule has 4 heteroatoms. The Bertz CT molecular complexity index is 682. The summed E-state index contributed by atoms with van der Waals surface area (Å²) >= 11 is 0. The highest BCUT2D eigenvalue weighted by Gasteiger charge is 2.14. The molecule has 1 atom stereocenters. The average Bonchev–Trinajstić information content (AvgIpc) is 2.41. The van der Waals surface area contributed by atoms with Crippen molar-refractivity contribution in [3.8, 4) is 0 Å². The summed E-state index contributed by atoms with van der Waals surface area (Å²) in [5, 5.41) is 2.87. The fraction of sp³-hybridized carbons (Fsp3) is 0.235. The second-order valence-electron chi connectivity index (χ2n) is 5.29. The minimum atomic E-state index is -0.582. The molecule has 0 aromatic heterocycles. The summed E-state index contributed by atoms with van der Waals surface area (Å²) < 4.78 is 13.4. The lowest BCUT2D eigenvalue weighted by molar-refractivity contribution is 0.0939. The maximum atomic E-state index is 13.4. The number of carbonyl (C=O) groups is 1. The van der Waals surface area contributed by atoms with Gasteiger partial charge in [-0.3, -0.25) is 4.79 Å². The maximum absolute atomic E-state index is 13.4. The maximum Gasteiger partial charge on any atom is 0.251 e. The Kier molecular flexibility index (Phi) is 4.26. The van der Waals surface area contributed by atoms with Gasteiger partial charge in [-0.2, -0.15) is 0 Å². The van der Waals surface area contributed by atoms with Gasteiger partial charge in [-0.1, -0.05) is 23.8 Å². The van der Waals surface area contributed by atoms with E-state index in [-0.39, 0.29) is 23.2 Å². The van der Waals surface area contributed by atoms with Gasteiger partial charge in [0.05, 0.1) is 11.7 Å². The van der Waals surface area contributed by atoms with Crippen molar-refractivity contribution in [1.82, 2.24) is 5.32 Å². The molecule has 3 nitrogen and oxygen atoms in total. The van der Waals surface area contributed by atoms with Crippen LogP contribution in [0.15, 0.2) is 36.4 Å². The summed E-state index contributed by atoms with van der Waals surface area (Å²) in [6, 6.07) is 9.99. The fourth-order valence-corrected chi connectivity index (χ4v) is 2.34. The summed E-state index contributed by atoms with van der Waals surface area (Å²) in [4.78, 5) is 12.2. The highest BCUT2D eigenvalue weighted by molar-refractivity contribution is 5.94. The van der Waals surface area contributed by atoms with Gasteiger partial charge in [0, 0.05) is 5.56 Å². The molecule has 0 aliphatic carbocycles. The van der Waals surface area contributed by atoms with E-state index in [0.717, 1.165) is 17.2 Å². The molecule has 0 spiro atoms. The van der Waals surface area contributed by atoms with Gasteiger partial charge in [0.2, 0.25) is 0 Å².